The minimum atomic E-state index is -0.329. The van der Waals surface area contributed by atoms with Crippen LogP contribution in [-0.4, -0.2) is 33.3 Å². The average molecular weight is 251 g/mol. The number of imidazole rings is 1. The van der Waals surface area contributed by atoms with Crippen LogP contribution < -0.4 is 5.73 Å². The molecule has 0 saturated heterocycles. The minimum Gasteiger partial charge on any atom is -0.381 e. The minimum absolute atomic E-state index is 0.0549. The maximum atomic E-state index is 5.99. The molecule has 0 spiro atoms. The molecule has 0 amide bonds. The number of methoxy groups -OCH3 is 1. The van der Waals surface area contributed by atoms with Gasteiger partial charge in [0.15, 0.2) is 5.82 Å². The number of nitrogens with one attached hydrogen (secondary N) is 1. The molecule has 0 aliphatic rings. The maximum Gasteiger partial charge on any atom is 0.243 e. The topological polar surface area (TPSA) is 103 Å². The number of aromatic nitrogens is 4. The van der Waals surface area contributed by atoms with E-state index in [9.17, 15) is 0 Å². The van der Waals surface area contributed by atoms with E-state index in [1.54, 1.807) is 19.6 Å². The lowest BCUT2D eigenvalue weighted by atomic mass is 10.2. The number of ether oxygens (including phenoxy) is 1. The molecule has 0 aliphatic carbocycles. The van der Waals surface area contributed by atoms with Crippen molar-refractivity contribution >= 4 is 0 Å². The molecule has 7 heteroatoms. The molecule has 0 bridgehead atoms. The zero-order valence-corrected chi connectivity index (χ0v) is 10.5. The molecule has 3 N–H and O–H groups in total. The predicted octanol–water partition coefficient (Wildman–Crippen LogP) is 0.613. The Morgan fingerprint density at radius 1 is 1.50 bits per heavy atom. The Balaban J connectivity index is 1.96. The lowest BCUT2D eigenvalue weighted by Gasteiger charge is -2.05. The van der Waals surface area contributed by atoms with Gasteiger partial charge in [-0.25, -0.2) is 4.98 Å². The Morgan fingerprint density at radius 2 is 2.33 bits per heavy atom. The molecule has 18 heavy (non-hydrogen) atoms. The van der Waals surface area contributed by atoms with Gasteiger partial charge in [-0.1, -0.05) is 5.16 Å². The Bertz CT molecular complexity index is 467. The van der Waals surface area contributed by atoms with Crippen LogP contribution >= 0.6 is 0 Å². The van der Waals surface area contributed by atoms with Crippen LogP contribution in [0.3, 0.4) is 0 Å². The first-order valence-corrected chi connectivity index (χ1v) is 5.77. The maximum absolute atomic E-state index is 5.99. The van der Waals surface area contributed by atoms with Crippen LogP contribution in [-0.2, 0) is 17.6 Å². The van der Waals surface area contributed by atoms with Crippen molar-refractivity contribution in [2.24, 2.45) is 5.73 Å². The number of rotatable bonds is 6. The first-order chi connectivity index (χ1) is 8.69. The highest BCUT2D eigenvalue weighted by Gasteiger charge is 2.17. The van der Waals surface area contributed by atoms with E-state index in [2.05, 4.69) is 20.1 Å². The van der Waals surface area contributed by atoms with Crippen LogP contribution in [0.1, 0.15) is 30.4 Å². The third-order valence-electron chi connectivity index (χ3n) is 2.67. The van der Waals surface area contributed by atoms with E-state index < -0.39 is 0 Å². The monoisotopic (exact) mass is 251 g/mol. The highest BCUT2D eigenvalue weighted by atomic mass is 16.5. The van der Waals surface area contributed by atoms with Gasteiger partial charge in [0, 0.05) is 31.8 Å². The van der Waals surface area contributed by atoms with E-state index in [0.717, 1.165) is 5.69 Å². The first kappa shape index (κ1) is 12.7. The summed E-state index contributed by atoms with van der Waals surface area (Å²) in [5.74, 6) is 1.04. The number of H-pyrrole nitrogens is 1. The van der Waals surface area contributed by atoms with Crippen molar-refractivity contribution in [1.29, 1.82) is 0 Å². The van der Waals surface area contributed by atoms with E-state index in [1.807, 2.05) is 6.92 Å². The van der Waals surface area contributed by atoms with Gasteiger partial charge in [-0.05, 0) is 6.92 Å². The summed E-state index contributed by atoms with van der Waals surface area (Å²) < 4.78 is 10.3. The van der Waals surface area contributed by atoms with Crippen molar-refractivity contribution in [3.8, 4) is 0 Å². The van der Waals surface area contributed by atoms with E-state index in [-0.39, 0.29) is 12.1 Å². The van der Waals surface area contributed by atoms with Crippen LogP contribution in [0.4, 0.5) is 0 Å². The summed E-state index contributed by atoms with van der Waals surface area (Å²) in [7, 11) is 1.65. The quantitative estimate of drug-likeness (QED) is 0.779. The standard InChI is InChI=1S/C11H17N5O2/c1-7(17-2)3-10-15-11(18-16-10)9(12)4-8-5-13-6-14-8/h5-7,9H,3-4,12H2,1-2H3,(H,13,14)/t7?,9-/m0/s1. The first-order valence-electron chi connectivity index (χ1n) is 5.77. The molecule has 2 aromatic heterocycles. The average Bonchev–Trinajstić information content (AvgIpc) is 3.00. The largest absolute Gasteiger partial charge is 0.381 e. The van der Waals surface area contributed by atoms with Crippen molar-refractivity contribution in [3.05, 3.63) is 29.9 Å². The normalized spacial score (nSPS) is 14.6. The number of aromatic amines is 1. The Labute approximate surface area is 105 Å². The van der Waals surface area contributed by atoms with E-state index in [1.165, 1.54) is 0 Å². The Kier molecular flexibility index (Phi) is 4.06. The van der Waals surface area contributed by atoms with Gasteiger partial charge in [0.25, 0.3) is 0 Å². The highest BCUT2D eigenvalue weighted by Crippen LogP contribution is 2.13. The third kappa shape index (κ3) is 3.14. The molecule has 1 unspecified atom stereocenters. The van der Waals surface area contributed by atoms with Gasteiger partial charge in [-0.3, -0.25) is 0 Å². The molecular formula is C11H17N5O2. The molecular weight excluding hydrogens is 234 g/mol. The molecule has 0 saturated carbocycles. The molecule has 0 radical (unpaired) electrons. The zero-order valence-electron chi connectivity index (χ0n) is 10.5. The Morgan fingerprint density at radius 3 is 3.00 bits per heavy atom. The van der Waals surface area contributed by atoms with E-state index in [0.29, 0.717) is 24.6 Å². The SMILES string of the molecule is COC(C)Cc1noc([C@@H](N)Cc2cnc[nH]2)n1. The third-order valence-corrected chi connectivity index (χ3v) is 2.67. The summed E-state index contributed by atoms with van der Waals surface area (Å²) in [6, 6.07) is -0.329. The van der Waals surface area contributed by atoms with Gasteiger partial charge in [-0.2, -0.15) is 4.98 Å². The van der Waals surface area contributed by atoms with E-state index >= 15 is 0 Å². The second kappa shape index (κ2) is 5.74. The predicted molar refractivity (Wildman–Crippen MR) is 63.7 cm³/mol. The van der Waals surface area contributed by atoms with Crippen molar-refractivity contribution < 1.29 is 9.26 Å². The second-order valence-corrected chi connectivity index (χ2v) is 4.19. The number of hydrogen-bond acceptors (Lipinski definition) is 6. The molecule has 0 aromatic carbocycles. The van der Waals surface area contributed by atoms with Gasteiger partial charge in [0.2, 0.25) is 5.89 Å². The molecule has 2 heterocycles. The van der Waals surface area contributed by atoms with E-state index in [4.69, 9.17) is 15.0 Å². The fraction of sp³-hybridized carbons (Fsp3) is 0.545. The lowest BCUT2D eigenvalue weighted by Crippen LogP contribution is -2.14. The molecule has 0 aliphatic heterocycles. The second-order valence-electron chi connectivity index (χ2n) is 4.19. The summed E-state index contributed by atoms with van der Waals surface area (Å²) in [4.78, 5) is 11.2. The summed E-state index contributed by atoms with van der Waals surface area (Å²) >= 11 is 0. The lowest BCUT2D eigenvalue weighted by molar-refractivity contribution is 0.116. The summed E-state index contributed by atoms with van der Waals surface area (Å²) in [5, 5.41) is 3.88. The van der Waals surface area contributed by atoms with Gasteiger partial charge >= 0.3 is 0 Å². The fourth-order valence-corrected chi connectivity index (χ4v) is 1.56. The van der Waals surface area contributed by atoms with Gasteiger partial charge in [-0.15, -0.1) is 0 Å². The summed E-state index contributed by atoms with van der Waals surface area (Å²) in [5.41, 5.74) is 6.93. The van der Waals surface area contributed by atoms with Crippen LogP contribution in [0.2, 0.25) is 0 Å². The van der Waals surface area contributed by atoms with Crippen molar-refractivity contribution in [3.63, 3.8) is 0 Å². The Hall–Kier alpha value is -1.73. The summed E-state index contributed by atoms with van der Waals surface area (Å²) in [6.45, 7) is 1.95. The highest BCUT2D eigenvalue weighted by molar-refractivity contribution is 5.02. The van der Waals surface area contributed by atoms with Gasteiger partial charge < -0.3 is 20.0 Å². The number of nitrogens with zero attached hydrogens (tertiary/aromatic N) is 3. The van der Waals surface area contributed by atoms with Gasteiger partial charge in [0.1, 0.15) is 0 Å². The number of nitrogens with two attached hydrogens (primary N) is 1. The molecule has 2 rings (SSSR count). The van der Waals surface area contributed by atoms with Crippen molar-refractivity contribution in [2.75, 3.05) is 7.11 Å². The summed E-state index contributed by atoms with van der Waals surface area (Å²) in [6.07, 6.45) is 4.59. The van der Waals surface area contributed by atoms with Crippen LogP contribution in [0.15, 0.2) is 17.0 Å². The molecule has 0 fully saturated rings. The molecule has 2 atom stereocenters. The smallest absolute Gasteiger partial charge is 0.243 e. The number of hydrogen-bond donors (Lipinski definition) is 2. The van der Waals surface area contributed by atoms with Crippen molar-refractivity contribution in [1.82, 2.24) is 20.1 Å². The fourth-order valence-electron chi connectivity index (χ4n) is 1.56. The van der Waals surface area contributed by atoms with Gasteiger partial charge in [0.05, 0.1) is 18.5 Å². The zero-order chi connectivity index (χ0) is 13.0. The molecule has 2 aromatic rings. The molecule has 98 valence electrons. The van der Waals surface area contributed by atoms with Crippen LogP contribution in [0, 0.1) is 0 Å². The van der Waals surface area contributed by atoms with Crippen LogP contribution in [0.5, 0.6) is 0 Å². The molecule has 7 nitrogen and oxygen atoms in total. The van der Waals surface area contributed by atoms with Crippen LogP contribution in [0.25, 0.3) is 0 Å². The van der Waals surface area contributed by atoms with Crippen molar-refractivity contribution in [2.45, 2.75) is 31.9 Å².